The van der Waals surface area contributed by atoms with Crippen LogP contribution in [0.15, 0.2) is 59.8 Å². The van der Waals surface area contributed by atoms with Crippen LogP contribution in [0, 0.1) is 6.92 Å². The number of rotatable bonds is 2. The number of phenols is 2. The summed E-state index contributed by atoms with van der Waals surface area (Å²) in [5.41, 5.74) is 2.51. The monoisotopic (exact) mass is 349 g/mol. The van der Waals surface area contributed by atoms with Gasteiger partial charge in [0, 0.05) is 11.5 Å². The molecule has 0 atom stereocenters. The van der Waals surface area contributed by atoms with E-state index in [1.807, 2.05) is 30.3 Å². The Morgan fingerprint density at radius 2 is 1.80 bits per heavy atom. The van der Waals surface area contributed by atoms with Gasteiger partial charge in [-0.1, -0.05) is 35.9 Å². The third-order valence-corrected chi connectivity index (χ3v) is 4.41. The highest BCUT2D eigenvalue weighted by Gasteiger charge is 2.18. The van der Waals surface area contributed by atoms with Crippen LogP contribution >= 0.6 is 12.6 Å². The number of hydrogen-bond acceptors (Lipinski definition) is 5. The Morgan fingerprint density at radius 3 is 2.60 bits per heavy atom. The van der Waals surface area contributed by atoms with Gasteiger partial charge in [-0.05, 0) is 30.5 Å². The van der Waals surface area contributed by atoms with E-state index in [0.717, 1.165) is 16.5 Å². The first-order chi connectivity index (χ1) is 12.0. The van der Waals surface area contributed by atoms with Crippen molar-refractivity contribution in [2.75, 3.05) is 0 Å². The van der Waals surface area contributed by atoms with Gasteiger partial charge < -0.3 is 10.2 Å². The number of aromatic hydroxyl groups is 2. The number of hydrogen-bond donors (Lipinski definition) is 3. The summed E-state index contributed by atoms with van der Waals surface area (Å²) in [4.78, 5) is 0. The van der Waals surface area contributed by atoms with E-state index < -0.39 is 0 Å². The maximum absolute atomic E-state index is 10.2. The molecule has 0 unspecified atom stereocenters. The van der Waals surface area contributed by atoms with E-state index in [0.29, 0.717) is 16.5 Å². The number of thiol groups is 1. The second kappa shape index (κ2) is 5.82. The van der Waals surface area contributed by atoms with Crippen LogP contribution in [-0.2, 0) is 0 Å². The van der Waals surface area contributed by atoms with Crippen molar-refractivity contribution in [3.05, 3.63) is 60.2 Å². The third-order valence-electron chi connectivity index (χ3n) is 4.12. The molecule has 0 radical (unpaired) electrons. The minimum absolute atomic E-state index is 0.0148. The Morgan fingerprint density at radius 1 is 0.960 bits per heavy atom. The first-order valence-electron chi connectivity index (χ1n) is 7.71. The van der Waals surface area contributed by atoms with Gasteiger partial charge >= 0.3 is 0 Å². The van der Waals surface area contributed by atoms with Crippen LogP contribution in [0.1, 0.15) is 5.56 Å². The number of aromatic nitrogens is 3. The van der Waals surface area contributed by atoms with Gasteiger partial charge in [0.05, 0.1) is 11.3 Å². The van der Waals surface area contributed by atoms with Gasteiger partial charge in [0.1, 0.15) is 11.5 Å². The molecule has 0 saturated carbocycles. The summed E-state index contributed by atoms with van der Waals surface area (Å²) >= 11 is 4.44. The zero-order valence-electron chi connectivity index (χ0n) is 13.4. The fraction of sp³-hybridized carbons (Fsp3) is 0.0526. The molecule has 0 saturated heterocycles. The summed E-state index contributed by atoms with van der Waals surface area (Å²) in [5, 5.41) is 30.5. The van der Waals surface area contributed by atoms with Gasteiger partial charge in [-0.25, -0.2) is 0 Å². The molecule has 1 heterocycles. The molecular weight excluding hydrogens is 334 g/mol. The number of benzene rings is 3. The molecule has 25 heavy (non-hydrogen) atoms. The minimum atomic E-state index is -0.0712. The minimum Gasteiger partial charge on any atom is -0.508 e. The Bertz CT molecular complexity index is 1110. The highest BCUT2D eigenvalue weighted by molar-refractivity contribution is 7.80. The lowest BCUT2D eigenvalue weighted by Crippen LogP contribution is -1.99. The second-order valence-electron chi connectivity index (χ2n) is 5.86. The average Bonchev–Trinajstić information content (AvgIpc) is 2.95. The largest absolute Gasteiger partial charge is 0.508 e. The van der Waals surface area contributed by atoms with E-state index in [2.05, 4.69) is 35.8 Å². The van der Waals surface area contributed by atoms with Gasteiger partial charge in [0.25, 0.3) is 0 Å². The molecule has 0 aliphatic rings. The first kappa shape index (κ1) is 15.5. The molecule has 0 bridgehead atoms. The molecule has 0 amide bonds. The average molecular weight is 349 g/mol. The molecule has 2 N–H and O–H groups in total. The van der Waals surface area contributed by atoms with E-state index >= 15 is 0 Å². The molecule has 124 valence electrons. The van der Waals surface area contributed by atoms with E-state index in [-0.39, 0.29) is 11.5 Å². The van der Waals surface area contributed by atoms with Crippen LogP contribution in [0.4, 0.5) is 0 Å². The van der Waals surface area contributed by atoms with Crippen molar-refractivity contribution >= 4 is 23.4 Å². The predicted octanol–water partition coefficient (Wildman–Crippen LogP) is 4.10. The Hall–Kier alpha value is -2.99. The molecular formula is C19H15N3O2S. The van der Waals surface area contributed by atoms with Crippen molar-refractivity contribution in [2.45, 2.75) is 12.1 Å². The fourth-order valence-corrected chi connectivity index (χ4v) is 3.21. The number of fused-ring (bicyclic) bond motifs is 1. The molecule has 0 aliphatic heterocycles. The molecule has 3 aromatic carbocycles. The van der Waals surface area contributed by atoms with E-state index in [1.165, 1.54) is 17.7 Å². The lowest BCUT2D eigenvalue weighted by atomic mass is 10.1. The normalized spacial score (nSPS) is 11.1. The zero-order chi connectivity index (χ0) is 17.6. The van der Waals surface area contributed by atoms with Crippen LogP contribution < -0.4 is 0 Å². The van der Waals surface area contributed by atoms with Crippen LogP contribution in [-0.4, -0.2) is 25.0 Å². The number of nitrogens with zero attached hydrogens (tertiary/aromatic N) is 3. The van der Waals surface area contributed by atoms with Crippen LogP contribution in [0.3, 0.4) is 0 Å². The summed E-state index contributed by atoms with van der Waals surface area (Å²) in [6.07, 6.45) is 0. The summed E-state index contributed by atoms with van der Waals surface area (Å²) in [6.45, 7) is 2.05. The van der Waals surface area contributed by atoms with E-state index in [4.69, 9.17) is 0 Å². The van der Waals surface area contributed by atoms with Crippen LogP contribution in [0.5, 0.6) is 11.5 Å². The SMILES string of the molecule is Cc1ccc2c(-n3c(S)nnc3-c3ccc(O)cc3O)cccc2c1. The van der Waals surface area contributed by atoms with Crippen molar-refractivity contribution < 1.29 is 10.2 Å². The Kier molecular flexibility index (Phi) is 3.62. The molecule has 5 nitrogen and oxygen atoms in total. The highest BCUT2D eigenvalue weighted by Crippen LogP contribution is 2.35. The van der Waals surface area contributed by atoms with Gasteiger partial charge in [-0.2, -0.15) is 0 Å². The van der Waals surface area contributed by atoms with Gasteiger partial charge in [0.2, 0.25) is 0 Å². The summed E-state index contributed by atoms with van der Waals surface area (Å²) in [7, 11) is 0. The third kappa shape index (κ3) is 2.60. The fourth-order valence-electron chi connectivity index (χ4n) is 2.96. The molecule has 0 fully saturated rings. The Labute approximate surface area is 149 Å². The molecule has 0 aliphatic carbocycles. The van der Waals surface area contributed by atoms with Gasteiger partial charge in [0.15, 0.2) is 11.0 Å². The lowest BCUT2D eigenvalue weighted by Gasteiger charge is -2.13. The summed E-state index contributed by atoms with van der Waals surface area (Å²) < 4.78 is 1.78. The van der Waals surface area contributed by atoms with Crippen molar-refractivity contribution in [3.63, 3.8) is 0 Å². The topological polar surface area (TPSA) is 71.2 Å². The van der Waals surface area contributed by atoms with Crippen LogP contribution in [0.25, 0.3) is 27.8 Å². The molecule has 0 spiro atoms. The molecule has 4 rings (SSSR count). The first-order valence-corrected chi connectivity index (χ1v) is 8.16. The van der Waals surface area contributed by atoms with Crippen molar-refractivity contribution in [1.82, 2.24) is 14.8 Å². The van der Waals surface area contributed by atoms with Crippen molar-refractivity contribution in [3.8, 4) is 28.6 Å². The van der Waals surface area contributed by atoms with Gasteiger partial charge in [-0.15, -0.1) is 22.8 Å². The summed E-state index contributed by atoms with van der Waals surface area (Å²) in [6, 6.07) is 16.6. The van der Waals surface area contributed by atoms with Crippen molar-refractivity contribution in [2.24, 2.45) is 0 Å². The second-order valence-corrected chi connectivity index (χ2v) is 6.26. The number of aryl methyl sites for hydroxylation is 1. The van der Waals surface area contributed by atoms with E-state index in [9.17, 15) is 10.2 Å². The lowest BCUT2D eigenvalue weighted by molar-refractivity contribution is 0.451. The standard InChI is InChI=1S/C19H15N3O2S/c1-11-5-7-14-12(9-11)3-2-4-16(14)22-18(20-21-19(22)25)15-8-6-13(23)10-17(15)24/h2-10,23-24H,1H3,(H,21,25). The predicted molar refractivity (Wildman–Crippen MR) is 99.6 cm³/mol. The molecule has 1 aromatic heterocycles. The quantitative estimate of drug-likeness (QED) is 0.477. The number of phenolic OH excluding ortho intramolecular Hbond substituents is 2. The van der Waals surface area contributed by atoms with Crippen LogP contribution in [0.2, 0.25) is 0 Å². The summed E-state index contributed by atoms with van der Waals surface area (Å²) in [5.74, 6) is 0.368. The highest BCUT2D eigenvalue weighted by atomic mass is 32.1. The maximum atomic E-state index is 10.2. The van der Waals surface area contributed by atoms with Crippen molar-refractivity contribution in [1.29, 1.82) is 0 Å². The zero-order valence-corrected chi connectivity index (χ0v) is 14.3. The molecule has 4 aromatic rings. The Balaban J connectivity index is 2.00. The van der Waals surface area contributed by atoms with Gasteiger partial charge in [-0.3, -0.25) is 4.57 Å². The smallest absolute Gasteiger partial charge is 0.193 e. The van der Waals surface area contributed by atoms with E-state index in [1.54, 1.807) is 10.6 Å². The maximum Gasteiger partial charge on any atom is 0.193 e. The molecule has 6 heteroatoms.